The van der Waals surface area contributed by atoms with Gasteiger partial charge in [-0.1, -0.05) is 35.3 Å². The van der Waals surface area contributed by atoms with Crippen molar-refractivity contribution in [3.05, 3.63) is 63.0 Å². The van der Waals surface area contributed by atoms with Crippen LogP contribution in [0.4, 0.5) is 16.2 Å². The summed E-state index contributed by atoms with van der Waals surface area (Å²) in [5, 5.41) is 0.301. The van der Waals surface area contributed by atoms with E-state index in [2.05, 4.69) is 0 Å². The first-order chi connectivity index (χ1) is 11.9. The van der Waals surface area contributed by atoms with E-state index in [9.17, 15) is 9.59 Å². The van der Waals surface area contributed by atoms with Crippen molar-refractivity contribution in [2.45, 2.75) is 0 Å². The number of carbonyl (C=O) groups is 2. The van der Waals surface area contributed by atoms with Gasteiger partial charge in [0.2, 0.25) is 0 Å². The zero-order valence-corrected chi connectivity index (χ0v) is 15.8. The lowest BCUT2D eigenvalue weighted by atomic mass is 10.2. The van der Waals surface area contributed by atoms with Crippen LogP contribution in [0, 0.1) is 0 Å². The van der Waals surface area contributed by atoms with Crippen molar-refractivity contribution in [2.24, 2.45) is 0 Å². The van der Waals surface area contributed by atoms with Crippen molar-refractivity contribution in [2.75, 3.05) is 23.9 Å². The predicted molar refractivity (Wildman–Crippen MR) is 106 cm³/mol. The molecule has 4 nitrogen and oxygen atoms in total. The molecule has 1 heterocycles. The number of halogens is 2. The van der Waals surface area contributed by atoms with Gasteiger partial charge in [0.1, 0.15) is 0 Å². The maximum Gasteiger partial charge on any atom is 0.298 e. The normalized spacial score (nSPS) is 16.0. The van der Waals surface area contributed by atoms with Gasteiger partial charge >= 0.3 is 0 Å². The molecule has 2 aromatic rings. The second kappa shape index (κ2) is 7.12. The van der Waals surface area contributed by atoms with E-state index in [4.69, 9.17) is 23.2 Å². The molecule has 0 aromatic heterocycles. The summed E-state index contributed by atoms with van der Waals surface area (Å²) < 4.78 is 0. The van der Waals surface area contributed by atoms with Crippen molar-refractivity contribution in [1.29, 1.82) is 0 Å². The summed E-state index contributed by atoms with van der Waals surface area (Å²) >= 11 is 12.8. The van der Waals surface area contributed by atoms with Gasteiger partial charge in [-0.15, -0.1) is 0 Å². The third-order valence-electron chi connectivity index (χ3n) is 3.66. The van der Waals surface area contributed by atoms with Crippen LogP contribution < -0.4 is 9.80 Å². The number of carbonyl (C=O) groups excluding carboxylic acids is 2. The topological polar surface area (TPSA) is 40.6 Å². The fourth-order valence-electron chi connectivity index (χ4n) is 2.33. The average Bonchev–Trinajstić information content (AvgIpc) is 2.85. The highest BCUT2D eigenvalue weighted by Gasteiger charge is 2.36. The molecule has 0 bridgehead atoms. The maximum absolute atomic E-state index is 12.6. The largest absolute Gasteiger partial charge is 0.378 e. The van der Waals surface area contributed by atoms with Crippen molar-refractivity contribution < 1.29 is 9.59 Å². The van der Waals surface area contributed by atoms with E-state index in [-0.39, 0.29) is 11.1 Å². The van der Waals surface area contributed by atoms with E-state index in [0.717, 1.165) is 27.9 Å². The number of hydrogen-bond acceptors (Lipinski definition) is 4. The molecule has 1 fully saturated rings. The molecule has 25 heavy (non-hydrogen) atoms. The van der Waals surface area contributed by atoms with Crippen LogP contribution in [0.2, 0.25) is 10.0 Å². The summed E-state index contributed by atoms with van der Waals surface area (Å²) in [4.78, 5) is 28.4. The lowest BCUT2D eigenvalue weighted by molar-refractivity contribution is -0.113. The van der Waals surface area contributed by atoms with Crippen LogP contribution >= 0.6 is 35.0 Å². The Balaban J connectivity index is 1.88. The lowest BCUT2D eigenvalue weighted by Crippen LogP contribution is -2.27. The second-order valence-electron chi connectivity index (χ2n) is 5.60. The van der Waals surface area contributed by atoms with Gasteiger partial charge in [-0.05, 0) is 53.7 Å². The average molecular weight is 393 g/mol. The number of anilines is 2. The molecule has 1 saturated heterocycles. The molecular formula is C18H14Cl2N2O2S. The zero-order chi connectivity index (χ0) is 18.1. The Morgan fingerprint density at radius 1 is 1.00 bits per heavy atom. The van der Waals surface area contributed by atoms with Gasteiger partial charge < -0.3 is 4.90 Å². The van der Waals surface area contributed by atoms with Crippen LogP contribution in [0.15, 0.2) is 47.4 Å². The highest BCUT2D eigenvalue weighted by Crippen LogP contribution is 2.37. The molecule has 2 aromatic carbocycles. The monoisotopic (exact) mass is 392 g/mol. The fourth-order valence-corrected chi connectivity index (χ4v) is 3.47. The van der Waals surface area contributed by atoms with E-state index in [1.54, 1.807) is 18.2 Å². The molecule has 0 saturated carbocycles. The minimum atomic E-state index is -0.370. The Bertz CT molecular complexity index is 879. The van der Waals surface area contributed by atoms with E-state index in [1.165, 1.54) is 6.07 Å². The molecule has 0 radical (unpaired) electrons. The second-order valence-corrected chi connectivity index (χ2v) is 7.41. The number of amides is 2. The smallest absolute Gasteiger partial charge is 0.298 e. The van der Waals surface area contributed by atoms with Crippen LogP contribution in [0.5, 0.6) is 0 Å². The predicted octanol–water partition coefficient (Wildman–Crippen LogP) is 5.30. The lowest BCUT2D eigenvalue weighted by Gasteiger charge is -2.13. The summed E-state index contributed by atoms with van der Waals surface area (Å²) in [6.07, 6.45) is 1.71. The summed E-state index contributed by atoms with van der Waals surface area (Å²) in [5.74, 6) is -0.370. The molecule has 3 rings (SSSR count). The Morgan fingerprint density at radius 3 is 2.28 bits per heavy atom. The summed E-state index contributed by atoms with van der Waals surface area (Å²) in [5.41, 5.74) is 2.31. The minimum absolute atomic E-state index is 0.293. The first-order valence-corrected chi connectivity index (χ1v) is 8.94. The molecule has 128 valence electrons. The third kappa shape index (κ3) is 3.68. The number of imide groups is 1. The van der Waals surface area contributed by atoms with Crippen LogP contribution in [-0.2, 0) is 4.79 Å². The van der Waals surface area contributed by atoms with Crippen LogP contribution in [0.25, 0.3) is 6.08 Å². The van der Waals surface area contributed by atoms with Gasteiger partial charge in [0.15, 0.2) is 0 Å². The van der Waals surface area contributed by atoms with Gasteiger partial charge in [0.05, 0.1) is 20.6 Å². The van der Waals surface area contributed by atoms with Crippen LogP contribution in [0.1, 0.15) is 5.56 Å². The summed E-state index contributed by atoms with van der Waals surface area (Å²) in [6.45, 7) is 0. The molecular weight excluding hydrogens is 379 g/mol. The van der Waals surface area contributed by atoms with Crippen LogP contribution in [-0.4, -0.2) is 25.2 Å². The fraction of sp³-hybridized carbons (Fsp3) is 0.111. The maximum atomic E-state index is 12.6. The van der Waals surface area contributed by atoms with Crippen molar-refractivity contribution in [3.63, 3.8) is 0 Å². The summed E-state index contributed by atoms with van der Waals surface area (Å²) in [7, 11) is 3.91. The summed E-state index contributed by atoms with van der Waals surface area (Å²) in [6, 6.07) is 12.4. The standard InChI is InChI=1S/C18H14Cl2N2O2S/c1-21(2)12-5-3-11(4-6-12)9-16-17(23)22(18(24)25-16)13-7-8-14(19)15(20)10-13/h3-10H,1-2H3/b16-9-. The highest BCUT2D eigenvalue weighted by molar-refractivity contribution is 8.19. The SMILES string of the molecule is CN(C)c1ccc(/C=C2\SC(=O)N(c3ccc(Cl)c(Cl)c3)C2=O)cc1. The molecule has 0 N–H and O–H groups in total. The van der Waals surface area contributed by atoms with Gasteiger partial charge in [-0.3, -0.25) is 9.59 Å². The van der Waals surface area contributed by atoms with Crippen LogP contribution in [0.3, 0.4) is 0 Å². The number of benzene rings is 2. The molecule has 2 amide bonds. The number of hydrogen-bond donors (Lipinski definition) is 0. The first-order valence-electron chi connectivity index (χ1n) is 7.37. The van der Waals surface area contributed by atoms with Gasteiger partial charge in [-0.2, -0.15) is 0 Å². The van der Waals surface area contributed by atoms with E-state index < -0.39 is 0 Å². The molecule has 0 spiro atoms. The Labute approximate surface area is 160 Å². The minimum Gasteiger partial charge on any atom is -0.378 e. The molecule has 0 aliphatic carbocycles. The number of nitrogens with zero attached hydrogens (tertiary/aromatic N) is 2. The van der Waals surface area contributed by atoms with E-state index >= 15 is 0 Å². The molecule has 7 heteroatoms. The number of thioether (sulfide) groups is 1. The van der Waals surface area contributed by atoms with Crippen molar-refractivity contribution >= 4 is 63.6 Å². The number of rotatable bonds is 3. The quantitative estimate of drug-likeness (QED) is 0.664. The molecule has 0 atom stereocenters. The molecule has 0 unspecified atom stereocenters. The Morgan fingerprint density at radius 2 is 1.68 bits per heavy atom. The van der Waals surface area contributed by atoms with E-state index in [1.807, 2.05) is 43.3 Å². The molecule has 1 aliphatic rings. The van der Waals surface area contributed by atoms with Crippen molar-refractivity contribution in [1.82, 2.24) is 0 Å². The van der Waals surface area contributed by atoms with Crippen molar-refractivity contribution in [3.8, 4) is 0 Å². The van der Waals surface area contributed by atoms with Gasteiger partial charge in [0.25, 0.3) is 11.1 Å². The first kappa shape index (κ1) is 17.9. The van der Waals surface area contributed by atoms with Gasteiger partial charge in [0, 0.05) is 19.8 Å². The van der Waals surface area contributed by atoms with E-state index in [0.29, 0.717) is 20.6 Å². The third-order valence-corrected chi connectivity index (χ3v) is 5.27. The Hall–Kier alpha value is -1.95. The zero-order valence-electron chi connectivity index (χ0n) is 13.5. The molecule has 1 aliphatic heterocycles. The highest BCUT2D eigenvalue weighted by atomic mass is 35.5. The van der Waals surface area contributed by atoms with Gasteiger partial charge in [-0.25, -0.2) is 4.90 Å². The Kier molecular flexibility index (Phi) is 5.08.